The van der Waals surface area contributed by atoms with Crippen LogP contribution in [0.2, 0.25) is 0 Å². The highest BCUT2D eigenvalue weighted by Gasteiger charge is 2.09. The van der Waals surface area contributed by atoms with Gasteiger partial charge in [-0.25, -0.2) is 4.68 Å². The molecule has 2 aromatic heterocycles. The molecule has 152 valence electrons. The molecule has 1 N–H and O–H groups in total. The highest BCUT2D eigenvalue weighted by atomic mass is 16.1. The van der Waals surface area contributed by atoms with Crippen LogP contribution in [0.1, 0.15) is 32.9 Å². The SMILES string of the molecule is Cc1cc(C)n(-c2ccc(CCNC(=O)c3cnn(Cc4ccccc4)c3)cc2)n1. The Labute approximate surface area is 176 Å². The fourth-order valence-electron chi connectivity index (χ4n) is 3.45. The van der Waals surface area contributed by atoms with Gasteiger partial charge in [-0.05, 0) is 49.6 Å². The molecule has 1 amide bonds. The van der Waals surface area contributed by atoms with Crippen molar-refractivity contribution in [3.05, 3.63) is 101 Å². The first-order valence-corrected chi connectivity index (χ1v) is 10.1. The summed E-state index contributed by atoms with van der Waals surface area (Å²) in [6, 6.07) is 20.4. The van der Waals surface area contributed by atoms with Crippen molar-refractivity contribution in [1.82, 2.24) is 24.9 Å². The maximum atomic E-state index is 12.4. The zero-order valence-electron chi connectivity index (χ0n) is 17.2. The molecule has 6 heteroatoms. The summed E-state index contributed by atoms with van der Waals surface area (Å²) in [5.74, 6) is -0.103. The second-order valence-electron chi connectivity index (χ2n) is 7.42. The lowest BCUT2D eigenvalue weighted by molar-refractivity contribution is 0.0954. The predicted molar refractivity (Wildman–Crippen MR) is 117 cm³/mol. The van der Waals surface area contributed by atoms with Crippen molar-refractivity contribution in [2.75, 3.05) is 6.54 Å². The van der Waals surface area contributed by atoms with Crippen LogP contribution < -0.4 is 5.32 Å². The maximum absolute atomic E-state index is 12.4. The van der Waals surface area contributed by atoms with Crippen molar-refractivity contribution in [2.24, 2.45) is 0 Å². The summed E-state index contributed by atoms with van der Waals surface area (Å²) < 4.78 is 3.72. The molecule has 0 radical (unpaired) electrons. The third-order valence-electron chi connectivity index (χ3n) is 4.97. The Morgan fingerprint density at radius 2 is 1.77 bits per heavy atom. The number of carbonyl (C=O) groups excluding carboxylic acids is 1. The van der Waals surface area contributed by atoms with Crippen LogP contribution >= 0.6 is 0 Å². The molecule has 0 aliphatic heterocycles. The third-order valence-corrected chi connectivity index (χ3v) is 4.97. The van der Waals surface area contributed by atoms with Crippen molar-refractivity contribution in [2.45, 2.75) is 26.8 Å². The molecule has 0 aliphatic rings. The number of amides is 1. The number of hydrogen-bond acceptors (Lipinski definition) is 3. The van der Waals surface area contributed by atoms with Crippen LogP contribution in [0.3, 0.4) is 0 Å². The molecule has 0 unspecified atom stereocenters. The minimum absolute atomic E-state index is 0.103. The number of carbonyl (C=O) groups is 1. The van der Waals surface area contributed by atoms with Gasteiger partial charge in [-0.15, -0.1) is 0 Å². The van der Waals surface area contributed by atoms with Crippen LogP contribution in [0.15, 0.2) is 73.1 Å². The molecule has 4 rings (SSSR count). The second-order valence-corrected chi connectivity index (χ2v) is 7.42. The maximum Gasteiger partial charge on any atom is 0.254 e. The van der Waals surface area contributed by atoms with Gasteiger partial charge in [0.15, 0.2) is 0 Å². The Balaban J connectivity index is 1.29. The van der Waals surface area contributed by atoms with Crippen molar-refractivity contribution < 1.29 is 4.79 Å². The molecular weight excluding hydrogens is 374 g/mol. The third kappa shape index (κ3) is 4.66. The van der Waals surface area contributed by atoms with Crippen LogP contribution in [0.5, 0.6) is 0 Å². The molecule has 4 aromatic rings. The highest BCUT2D eigenvalue weighted by Crippen LogP contribution is 2.13. The monoisotopic (exact) mass is 399 g/mol. The van der Waals surface area contributed by atoms with Crippen LogP contribution in [0, 0.1) is 13.8 Å². The highest BCUT2D eigenvalue weighted by molar-refractivity contribution is 5.93. The van der Waals surface area contributed by atoms with Gasteiger partial charge in [0, 0.05) is 18.4 Å². The molecule has 0 aliphatic carbocycles. The van der Waals surface area contributed by atoms with Crippen molar-refractivity contribution in [1.29, 1.82) is 0 Å². The van der Waals surface area contributed by atoms with Crippen LogP contribution in [-0.2, 0) is 13.0 Å². The van der Waals surface area contributed by atoms with Gasteiger partial charge in [-0.2, -0.15) is 10.2 Å². The first-order valence-electron chi connectivity index (χ1n) is 10.1. The molecule has 6 nitrogen and oxygen atoms in total. The van der Waals surface area contributed by atoms with Gasteiger partial charge < -0.3 is 5.32 Å². The van der Waals surface area contributed by atoms with E-state index in [1.54, 1.807) is 17.1 Å². The average molecular weight is 399 g/mol. The Morgan fingerprint density at radius 1 is 1.00 bits per heavy atom. The van der Waals surface area contributed by atoms with E-state index in [0.717, 1.165) is 29.1 Å². The summed E-state index contributed by atoms with van der Waals surface area (Å²) in [6.07, 6.45) is 4.16. The molecule has 2 aromatic carbocycles. The average Bonchev–Trinajstić information content (AvgIpc) is 3.35. The number of nitrogens with zero attached hydrogens (tertiary/aromatic N) is 4. The largest absolute Gasteiger partial charge is 0.352 e. The molecule has 0 spiro atoms. The summed E-state index contributed by atoms with van der Waals surface area (Å²) in [6.45, 7) is 5.26. The molecule has 0 bridgehead atoms. The van der Waals surface area contributed by atoms with Crippen LogP contribution in [-0.4, -0.2) is 32.0 Å². The van der Waals surface area contributed by atoms with Gasteiger partial charge in [-0.3, -0.25) is 9.48 Å². The fraction of sp³-hybridized carbons (Fsp3) is 0.208. The first-order chi connectivity index (χ1) is 14.6. The molecule has 30 heavy (non-hydrogen) atoms. The van der Waals surface area contributed by atoms with Gasteiger partial charge in [0.2, 0.25) is 0 Å². The van der Waals surface area contributed by atoms with E-state index in [4.69, 9.17) is 0 Å². The van der Waals surface area contributed by atoms with Gasteiger partial charge in [-0.1, -0.05) is 42.5 Å². The van der Waals surface area contributed by atoms with Crippen LogP contribution in [0.25, 0.3) is 5.69 Å². The van der Waals surface area contributed by atoms with E-state index in [1.165, 1.54) is 5.56 Å². The molecular formula is C24H25N5O. The summed E-state index contributed by atoms with van der Waals surface area (Å²) >= 11 is 0. The van der Waals surface area contributed by atoms with E-state index in [2.05, 4.69) is 45.8 Å². The summed E-state index contributed by atoms with van der Waals surface area (Å²) in [7, 11) is 0. The van der Waals surface area contributed by atoms with Gasteiger partial charge >= 0.3 is 0 Å². The topological polar surface area (TPSA) is 64.7 Å². The summed E-state index contributed by atoms with van der Waals surface area (Å²) in [5.41, 5.74) is 6.05. The molecule has 2 heterocycles. The standard InChI is InChI=1S/C24H25N5O/c1-18-14-19(2)29(27-18)23-10-8-20(9-11-23)12-13-25-24(30)22-15-26-28(17-22)16-21-6-4-3-5-7-21/h3-11,14-15,17H,12-13,16H2,1-2H3,(H,25,30). The van der Waals surface area contributed by atoms with E-state index >= 15 is 0 Å². The number of aryl methyl sites for hydroxylation is 2. The molecule has 0 saturated carbocycles. The fourth-order valence-corrected chi connectivity index (χ4v) is 3.45. The van der Waals surface area contributed by atoms with Gasteiger partial charge in [0.05, 0.1) is 29.7 Å². The normalized spacial score (nSPS) is 10.9. The lowest BCUT2D eigenvalue weighted by Crippen LogP contribution is -2.25. The van der Waals surface area contributed by atoms with Crippen molar-refractivity contribution >= 4 is 5.91 Å². The Kier molecular flexibility index (Phi) is 5.75. The molecule has 0 atom stereocenters. The van der Waals surface area contributed by atoms with E-state index in [1.807, 2.05) is 48.9 Å². The minimum atomic E-state index is -0.103. The first kappa shape index (κ1) is 19.6. The Bertz CT molecular complexity index is 1130. The minimum Gasteiger partial charge on any atom is -0.352 e. The number of benzene rings is 2. The number of rotatable bonds is 7. The van der Waals surface area contributed by atoms with Crippen LogP contribution in [0.4, 0.5) is 0 Å². The molecule has 0 fully saturated rings. The van der Waals surface area contributed by atoms with Gasteiger partial charge in [0.1, 0.15) is 0 Å². The van der Waals surface area contributed by atoms with Gasteiger partial charge in [0.25, 0.3) is 5.91 Å². The number of hydrogen-bond donors (Lipinski definition) is 1. The van der Waals surface area contributed by atoms with Crippen molar-refractivity contribution in [3.63, 3.8) is 0 Å². The lowest BCUT2D eigenvalue weighted by Gasteiger charge is -2.07. The quantitative estimate of drug-likeness (QED) is 0.515. The number of nitrogens with one attached hydrogen (secondary N) is 1. The lowest BCUT2D eigenvalue weighted by atomic mass is 10.1. The zero-order chi connectivity index (χ0) is 20.9. The predicted octanol–water partition coefficient (Wildman–Crippen LogP) is 3.71. The second kappa shape index (κ2) is 8.78. The smallest absolute Gasteiger partial charge is 0.254 e. The summed E-state index contributed by atoms with van der Waals surface area (Å²) in [4.78, 5) is 12.4. The Morgan fingerprint density at radius 3 is 2.47 bits per heavy atom. The van der Waals surface area contributed by atoms with E-state index < -0.39 is 0 Å². The zero-order valence-corrected chi connectivity index (χ0v) is 17.2. The van der Waals surface area contributed by atoms with Crippen molar-refractivity contribution in [3.8, 4) is 5.69 Å². The summed E-state index contributed by atoms with van der Waals surface area (Å²) in [5, 5.41) is 11.8. The van der Waals surface area contributed by atoms with E-state index in [9.17, 15) is 4.79 Å². The molecule has 0 saturated heterocycles. The van der Waals surface area contributed by atoms with E-state index in [0.29, 0.717) is 18.7 Å². The number of aromatic nitrogens is 4. The van der Waals surface area contributed by atoms with E-state index in [-0.39, 0.29) is 5.91 Å². The Hall–Kier alpha value is -3.67.